The zero-order chi connectivity index (χ0) is 11.5. The average Bonchev–Trinajstić information content (AvgIpc) is 2.28. The first-order valence-corrected chi connectivity index (χ1v) is 5.36. The van der Waals surface area contributed by atoms with Crippen LogP contribution in [-0.2, 0) is 11.2 Å². The fraction of sp³-hybridized carbons (Fsp3) is 0.308. The van der Waals surface area contributed by atoms with Crippen molar-refractivity contribution in [3.63, 3.8) is 0 Å². The first-order chi connectivity index (χ1) is 7.72. The van der Waals surface area contributed by atoms with Gasteiger partial charge in [-0.15, -0.1) is 0 Å². The van der Waals surface area contributed by atoms with E-state index in [0.29, 0.717) is 12.4 Å². The van der Waals surface area contributed by atoms with Crippen LogP contribution in [0.4, 0.5) is 5.82 Å². The second-order valence-corrected chi connectivity index (χ2v) is 3.92. The predicted octanol–water partition coefficient (Wildman–Crippen LogP) is 2.31. The fourth-order valence-electron chi connectivity index (χ4n) is 1.79. The number of fused-ring (bicyclic) bond motifs is 1. The van der Waals surface area contributed by atoms with E-state index in [1.807, 2.05) is 13.0 Å². The molecule has 16 heavy (non-hydrogen) atoms. The number of pyridine rings is 1. The number of nitrogen functional groups attached to an aromatic ring is 1. The van der Waals surface area contributed by atoms with Gasteiger partial charge in [0.05, 0.1) is 12.1 Å². The van der Waals surface area contributed by atoms with E-state index in [1.165, 1.54) is 5.56 Å². The molecule has 0 aliphatic carbocycles. The molecule has 0 saturated carbocycles. The van der Waals surface area contributed by atoms with Crippen molar-refractivity contribution in [3.05, 3.63) is 35.4 Å². The van der Waals surface area contributed by atoms with E-state index in [4.69, 9.17) is 10.5 Å². The van der Waals surface area contributed by atoms with Gasteiger partial charge in [0, 0.05) is 12.5 Å². The predicted molar refractivity (Wildman–Crippen MR) is 66.5 cm³/mol. The second-order valence-electron chi connectivity index (χ2n) is 3.92. The molecule has 1 heterocycles. The summed E-state index contributed by atoms with van der Waals surface area (Å²) in [5.74, 6) is 0.609. The highest BCUT2D eigenvalue weighted by atomic mass is 16.5. The van der Waals surface area contributed by atoms with Gasteiger partial charge in [0.2, 0.25) is 0 Å². The summed E-state index contributed by atoms with van der Waals surface area (Å²) in [6.45, 7) is 2.68. The molecule has 0 saturated heterocycles. The minimum atomic E-state index is 0.609. The Morgan fingerprint density at radius 2 is 2.19 bits per heavy atom. The molecule has 0 spiro atoms. The van der Waals surface area contributed by atoms with E-state index >= 15 is 0 Å². The second kappa shape index (κ2) is 4.49. The molecule has 1 aromatic carbocycles. The van der Waals surface area contributed by atoms with Gasteiger partial charge in [0.25, 0.3) is 0 Å². The zero-order valence-electron chi connectivity index (χ0n) is 9.66. The van der Waals surface area contributed by atoms with Crippen LogP contribution in [0, 0.1) is 6.92 Å². The number of hydrogen-bond acceptors (Lipinski definition) is 3. The van der Waals surface area contributed by atoms with Crippen LogP contribution in [-0.4, -0.2) is 18.7 Å². The van der Waals surface area contributed by atoms with Gasteiger partial charge < -0.3 is 10.5 Å². The highest BCUT2D eigenvalue weighted by Crippen LogP contribution is 2.21. The normalized spacial score (nSPS) is 10.9. The quantitative estimate of drug-likeness (QED) is 0.856. The van der Waals surface area contributed by atoms with E-state index < -0.39 is 0 Å². The third-order valence-corrected chi connectivity index (χ3v) is 2.73. The van der Waals surface area contributed by atoms with Crippen LogP contribution >= 0.6 is 0 Å². The minimum absolute atomic E-state index is 0.609. The largest absolute Gasteiger partial charge is 0.384 e. The number of aryl methyl sites for hydroxylation is 1. The van der Waals surface area contributed by atoms with Crippen LogP contribution in [0.3, 0.4) is 0 Å². The van der Waals surface area contributed by atoms with Crippen LogP contribution in [0.2, 0.25) is 0 Å². The molecule has 3 heteroatoms. The van der Waals surface area contributed by atoms with E-state index in [2.05, 4.69) is 23.2 Å². The summed E-state index contributed by atoms with van der Waals surface area (Å²) in [5, 5.41) is 1.14. The molecule has 0 aliphatic rings. The van der Waals surface area contributed by atoms with Gasteiger partial charge in [-0.05, 0) is 30.5 Å². The summed E-state index contributed by atoms with van der Waals surface area (Å²) in [4.78, 5) is 4.45. The molecule has 0 unspecified atom stereocenters. The Bertz CT molecular complexity index is 509. The lowest BCUT2D eigenvalue weighted by molar-refractivity contribution is 0.202. The summed E-state index contributed by atoms with van der Waals surface area (Å²) in [6, 6.07) is 8.26. The first kappa shape index (κ1) is 10.9. The summed E-state index contributed by atoms with van der Waals surface area (Å²) in [6.07, 6.45) is 0.864. The van der Waals surface area contributed by atoms with Crippen LogP contribution in [0.15, 0.2) is 24.3 Å². The molecule has 0 atom stereocenters. The van der Waals surface area contributed by atoms with Crippen molar-refractivity contribution in [3.8, 4) is 0 Å². The lowest BCUT2D eigenvalue weighted by Gasteiger charge is -2.07. The Morgan fingerprint density at radius 1 is 1.38 bits per heavy atom. The maximum atomic E-state index is 5.84. The molecule has 2 aromatic rings. The third-order valence-electron chi connectivity index (χ3n) is 2.73. The highest BCUT2D eigenvalue weighted by molar-refractivity contribution is 5.84. The molecule has 0 fully saturated rings. The van der Waals surface area contributed by atoms with Crippen LogP contribution in [0.25, 0.3) is 10.9 Å². The smallest absolute Gasteiger partial charge is 0.127 e. The molecular formula is C13H16N2O. The summed E-state index contributed by atoms with van der Waals surface area (Å²) in [7, 11) is 1.71. The van der Waals surface area contributed by atoms with Crippen molar-refractivity contribution >= 4 is 16.7 Å². The molecule has 1 aromatic heterocycles. The number of benzene rings is 1. The Morgan fingerprint density at radius 3 is 2.94 bits per heavy atom. The zero-order valence-corrected chi connectivity index (χ0v) is 9.66. The number of para-hydroxylation sites is 1. The van der Waals surface area contributed by atoms with Gasteiger partial charge >= 0.3 is 0 Å². The maximum Gasteiger partial charge on any atom is 0.127 e. The van der Waals surface area contributed by atoms with Crippen molar-refractivity contribution in [2.24, 2.45) is 0 Å². The molecular weight excluding hydrogens is 200 g/mol. The SMILES string of the molecule is COCCc1cccc2cc(C)c(N)nc12. The van der Waals surface area contributed by atoms with E-state index in [9.17, 15) is 0 Å². The molecule has 0 aliphatic heterocycles. The number of anilines is 1. The standard InChI is InChI=1S/C13H16N2O/c1-9-8-11-5-3-4-10(6-7-16-2)12(11)15-13(9)14/h3-5,8H,6-7H2,1-2H3,(H2,14,15). The topological polar surface area (TPSA) is 48.1 Å². The molecule has 0 radical (unpaired) electrons. The molecule has 2 rings (SSSR count). The van der Waals surface area contributed by atoms with E-state index in [0.717, 1.165) is 22.9 Å². The van der Waals surface area contributed by atoms with Gasteiger partial charge in [-0.2, -0.15) is 0 Å². The molecule has 84 valence electrons. The summed E-state index contributed by atoms with van der Waals surface area (Å²) >= 11 is 0. The average molecular weight is 216 g/mol. The number of aromatic nitrogens is 1. The number of hydrogen-bond donors (Lipinski definition) is 1. The summed E-state index contributed by atoms with van der Waals surface area (Å²) < 4.78 is 5.09. The van der Waals surface area contributed by atoms with Crippen molar-refractivity contribution in [2.45, 2.75) is 13.3 Å². The van der Waals surface area contributed by atoms with Crippen LogP contribution < -0.4 is 5.73 Å². The van der Waals surface area contributed by atoms with Gasteiger partial charge in [-0.1, -0.05) is 18.2 Å². The Balaban J connectivity index is 2.53. The Labute approximate surface area is 95.2 Å². The van der Waals surface area contributed by atoms with Crippen LogP contribution in [0.1, 0.15) is 11.1 Å². The van der Waals surface area contributed by atoms with Crippen molar-refractivity contribution < 1.29 is 4.74 Å². The number of rotatable bonds is 3. The number of methoxy groups -OCH3 is 1. The maximum absolute atomic E-state index is 5.84. The van der Waals surface area contributed by atoms with Crippen LogP contribution in [0.5, 0.6) is 0 Å². The van der Waals surface area contributed by atoms with E-state index in [-0.39, 0.29) is 0 Å². The number of nitrogens with two attached hydrogens (primary N) is 1. The van der Waals surface area contributed by atoms with Gasteiger partial charge in [-0.25, -0.2) is 4.98 Å². The van der Waals surface area contributed by atoms with Gasteiger partial charge in [0.15, 0.2) is 0 Å². The summed E-state index contributed by atoms with van der Waals surface area (Å²) in [5.41, 5.74) is 9.04. The molecule has 3 nitrogen and oxygen atoms in total. The third kappa shape index (κ3) is 1.99. The molecule has 2 N–H and O–H groups in total. The first-order valence-electron chi connectivity index (χ1n) is 5.36. The lowest BCUT2D eigenvalue weighted by atomic mass is 10.1. The number of ether oxygens (including phenoxy) is 1. The van der Waals surface area contributed by atoms with Crippen molar-refractivity contribution in [2.75, 3.05) is 19.5 Å². The van der Waals surface area contributed by atoms with Crippen molar-refractivity contribution in [1.82, 2.24) is 4.98 Å². The molecule has 0 bridgehead atoms. The Kier molecular flexibility index (Phi) is 3.06. The molecule has 0 amide bonds. The fourth-order valence-corrected chi connectivity index (χ4v) is 1.79. The minimum Gasteiger partial charge on any atom is -0.384 e. The van der Waals surface area contributed by atoms with Gasteiger partial charge in [-0.3, -0.25) is 0 Å². The highest BCUT2D eigenvalue weighted by Gasteiger charge is 2.04. The van der Waals surface area contributed by atoms with Gasteiger partial charge in [0.1, 0.15) is 5.82 Å². The number of nitrogens with zero attached hydrogens (tertiary/aromatic N) is 1. The van der Waals surface area contributed by atoms with E-state index in [1.54, 1.807) is 7.11 Å². The van der Waals surface area contributed by atoms with Crippen molar-refractivity contribution in [1.29, 1.82) is 0 Å². The monoisotopic (exact) mass is 216 g/mol. The lowest BCUT2D eigenvalue weighted by Crippen LogP contribution is -1.99. The Hall–Kier alpha value is -1.61.